The third-order valence-electron chi connectivity index (χ3n) is 1.78. The van der Waals surface area contributed by atoms with Crippen LogP contribution < -0.4 is 16.6 Å². The normalized spacial score (nSPS) is 13.8. The number of aliphatic imine (C=N–C) groups is 1. The Morgan fingerprint density at radius 2 is 2.50 bits per heavy atom. The van der Waals surface area contributed by atoms with Gasteiger partial charge in [0, 0.05) is 11.4 Å². The minimum atomic E-state index is 0.233. The van der Waals surface area contributed by atoms with Gasteiger partial charge in [-0.05, 0) is 25.3 Å². The summed E-state index contributed by atoms with van der Waals surface area (Å²) in [5.74, 6) is 5.95. The van der Waals surface area contributed by atoms with Gasteiger partial charge in [-0.25, -0.2) is 5.84 Å². The van der Waals surface area contributed by atoms with Gasteiger partial charge >= 0.3 is 0 Å². The molecular formula is C9H16N4S. The SMILES string of the molecule is CCN=C(NN)NC(C)c1cccs1. The predicted octanol–water partition coefficient (Wildman–Crippen LogP) is 1.24. The van der Waals surface area contributed by atoms with Gasteiger partial charge in [-0.1, -0.05) is 6.07 Å². The molecule has 0 saturated carbocycles. The highest BCUT2D eigenvalue weighted by molar-refractivity contribution is 7.10. The number of thiophene rings is 1. The molecular weight excluding hydrogens is 196 g/mol. The van der Waals surface area contributed by atoms with Gasteiger partial charge in [0.05, 0.1) is 6.04 Å². The topological polar surface area (TPSA) is 62.4 Å². The molecule has 4 N–H and O–H groups in total. The lowest BCUT2D eigenvalue weighted by atomic mass is 10.3. The number of nitrogens with one attached hydrogen (secondary N) is 2. The number of rotatable bonds is 3. The Hall–Kier alpha value is -1.07. The molecule has 5 heteroatoms. The maximum Gasteiger partial charge on any atom is 0.206 e. The van der Waals surface area contributed by atoms with Gasteiger partial charge in [-0.2, -0.15) is 0 Å². The van der Waals surface area contributed by atoms with E-state index < -0.39 is 0 Å². The number of nitrogens with zero attached hydrogens (tertiary/aromatic N) is 1. The molecule has 1 heterocycles. The summed E-state index contributed by atoms with van der Waals surface area (Å²) in [5, 5.41) is 5.25. The molecule has 0 radical (unpaired) electrons. The summed E-state index contributed by atoms with van der Waals surface area (Å²) >= 11 is 1.72. The molecule has 1 unspecified atom stereocenters. The zero-order valence-electron chi connectivity index (χ0n) is 8.45. The van der Waals surface area contributed by atoms with E-state index in [0.717, 1.165) is 0 Å². The van der Waals surface area contributed by atoms with Crippen LogP contribution in [0.3, 0.4) is 0 Å². The number of hydrogen-bond acceptors (Lipinski definition) is 3. The largest absolute Gasteiger partial charge is 0.348 e. The van der Waals surface area contributed by atoms with Crippen LogP contribution in [0.15, 0.2) is 22.5 Å². The molecule has 0 aliphatic carbocycles. The maximum atomic E-state index is 5.32. The molecule has 1 aromatic rings. The monoisotopic (exact) mass is 212 g/mol. The lowest BCUT2D eigenvalue weighted by molar-refractivity contribution is 0.701. The number of hydrogen-bond donors (Lipinski definition) is 3. The summed E-state index contributed by atoms with van der Waals surface area (Å²) in [6.45, 7) is 4.76. The lowest BCUT2D eigenvalue weighted by Gasteiger charge is -2.14. The van der Waals surface area contributed by atoms with Crippen molar-refractivity contribution in [3.8, 4) is 0 Å². The Kier molecular flexibility index (Phi) is 4.42. The Morgan fingerprint density at radius 3 is 3.00 bits per heavy atom. The molecule has 1 rings (SSSR count). The molecule has 0 bridgehead atoms. The highest BCUT2D eigenvalue weighted by atomic mass is 32.1. The first-order chi connectivity index (χ1) is 6.77. The van der Waals surface area contributed by atoms with Crippen LogP contribution in [0.25, 0.3) is 0 Å². The van der Waals surface area contributed by atoms with Crippen LogP contribution in [0.4, 0.5) is 0 Å². The van der Waals surface area contributed by atoms with E-state index in [1.54, 1.807) is 11.3 Å². The average Bonchev–Trinajstić information content (AvgIpc) is 2.69. The van der Waals surface area contributed by atoms with E-state index in [1.807, 2.05) is 13.0 Å². The third kappa shape index (κ3) is 3.01. The van der Waals surface area contributed by atoms with Gasteiger partial charge < -0.3 is 5.32 Å². The molecule has 14 heavy (non-hydrogen) atoms. The van der Waals surface area contributed by atoms with Crippen LogP contribution in [0.2, 0.25) is 0 Å². The molecule has 78 valence electrons. The zero-order valence-corrected chi connectivity index (χ0v) is 9.27. The molecule has 0 saturated heterocycles. The van der Waals surface area contributed by atoms with E-state index in [2.05, 4.69) is 34.1 Å². The summed E-state index contributed by atoms with van der Waals surface area (Å²) in [4.78, 5) is 5.43. The highest BCUT2D eigenvalue weighted by Crippen LogP contribution is 2.17. The highest BCUT2D eigenvalue weighted by Gasteiger charge is 2.07. The summed E-state index contributed by atoms with van der Waals surface area (Å²) in [5.41, 5.74) is 2.54. The second-order valence-electron chi connectivity index (χ2n) is 2.85. The Balaban J connectivity index is 2.55. The van der Waals surface area contributed by atoms with Crippen molar-refractivity contribution in [2.75, 3.05) is 6.54 Å². The van der Waals surface area contributed by atoms with E-state index in [0.29, 0.717) is 12.5 Å². The molecule has 1 atom stereocenters. The second-order valence-corrected chi connectivity index (χ2v) is 3.83. The lowest BCUT2D eigenvalue weighted by Crippen LogP contribution is -2.42. The van der Waals surface area contributed by atoms with Crippen molar-refractivity contribution in [1.29, 1.82) is 0 Å². The minimum Gasteiger partial charge on any atom is -0.348 e. The molecule has 0 amide bonds. The third-order valence-corrected chi connectivity index (χ3v) is 2.83. The van der Waals surface area contributed by atoms with Gasteiger partial charge in [0.1, 0.15) is 0 Å². The smallest absolute Gasteiger partial charge is 0.206 e. The fourth-order valence-electron chi connectivity index (χ4n) is 1.10. The minimum absolute atomic E-state index is 0.233. The standard InChI is InChI=1S/C9H16N4S/c1-3-11-9(13-10)12-7(2)8-5-4-6-14-8/h4-7H,3,10H2,1-2H3,(H2,11,12,13). The molecule has 0 aliphatic rings. The first-order valence-corrected chi connectivity index (χ1v) is 5.47. The van der Waals surface area contributed by atoms with Crippen LogP contribution in [-0.4, -0.2) is 12.5 Å². The maximum absolute atomic E-state index is 5.32. The summed E-state index contributed by atoms with van der Waals surface area (Å²) in [6.07, 6.45) is 0. The quantitative estimate of drug-likeness (QED) is 0.306. The van der Waals surface area contributed by atoms with E-state index in [9.17, 15) is 0 Å². The Bertz CT molecular complexity index is 281. The van der Waals surface area contributed by atoms with Crippen molar-refractivity contribution < 1.29 is 0 Å². The van der Waals surface area contributed by atoms with Crippen molar-refractivity contribution in [2.45, 2.75) is 19.9 Å². The van der Waals surface area contributed by atoms with Crippen molar-refractivity contribution >= 4 is 17.3 Å². The molecule has 0 spiro atoms. The first kappa shape index (κ1) is 11.0. The van der Waals surface area contributed by atoms with Crippen molar-refractivity contribution in [1.82, 2.24) is 10.7 Å². The molecule has 0 aromatic carbocycles. The van der Waals surface area contributed by atoms with Crippen LogP contribution in [0, 0.1) is 0 Å². The van der Waals surface area contributed by atoms with Gasteiger partial charge in [0.15, 0.2) is 0 Å². The van der Waals surface area contributed by atoms with E-state index in [1.165, 1.54) is 4.88 Å². The van der Waals surface area contributed by atoms with Gasteiger partial charge in [-0.15, -0.1) is 11.3 Å². The summed E-state index contributed by atoms with van der Waals surface area (Å²) in [6, 6.07) is 4.35. The molecule has 0 fully saturated rings. The summed E-state index contributed by atoms with van der Waals surface area (Å²) in [7, 11) is 0. The van der Waals surface area contributed by atoms with E-state index in [-0.39, 0.29) is 6.04 Å². The van der Waals surface area contributed by atoms with Crippen molar-refractivity contribution in [2.24, 2.45) is 10.8 Å². The molecule has 4 nitrogen and oxygen atoms in total. The molecule has 0 aliphatic heterocycles. The van der Waals surface area contributed by atoms with Gasteiger partial charge in [0.25, 0.3) is 0 Å². The van der Waals surface area contributed by atoms with Crippen molar-refractivity contribution in [3.63, 3.8) is 0 Å². The fourth-order valence-corrected chi connectivity index (χ4v) is 1.84. The average molecular weight is 212 g/mol. The van der Waals surface area contributed by atoms with Crippen LogP contribution in [0.5, 0.6) is 0 Å². The fraction of sp³-hybridized carbons (Fsp3) is 0.444. The van der Waals surface area contributed by atoms with Crippen molar-refractivity contribution in [3.05, 3.63) is 22.4 Å². The van der Waals surface area contributed by atoms with E-state index >= 15 is 0 Å². The summed E-state index contributed by atoms with van der Waals surface area (Å²) < 4.78 is 0. The van der Waals surface area contributed by atoms with Crippen LogP contribution >= 0.6 is 11.3 Å². The van der Waals surface area contributed by atoms with E-state index in [4.69, 9.17) is 5.84 Å². The van der Waals surface area contributed by atoms with Gasteiger partial charge in [0.2, 0.25) is 5.96 Å². The van der Waals surface area contributed by atoms with Crippen LogP contribution in [0.1, 0.15) is 24.8 Å². The number of guanidine groups is 1. The second kappa shape index (κ2) is 5.62. The molecule has 1 aromatic heterocycles. The first-order valence-electron chi connectivity index (χ1n) is 4.59. The predicted molar refractivity (Wildman–Crippen MR) is 61.2 cm³/mol. The van der Waals surface area contributed by atoms with Gasteiger partial charge in [-0.3, -0.25) is 10.4 Å². The Labute approximate surface area is 88.2 Å². The zero-order chi connectivity index (χ0) is 10.4. The number of nitrogens with two attached hydrogens (primary N) is 1. The Morgan fingerprint density at radius 1 is 1.71 bits per heavy atom. The number of hydrazine groups is 1. The van der Waals surface area contributed by atoms with Crippen LogP contribution in [-0.2, 0) is 0 Å².